The molecular formula is C10H13ClN2O2. The Morgan fingerprint density at radius 2 is 2.27 bits per heavy atom. The van der Waals surface area contributed by atoms with Gasteiger partial charge < -0.3 is 10.8 Å². The molecule has 0 aliphatic heterocycles. The largest absolute Gasteiger partial charge is 0.480 e. The first-order chi connectivity index (χ1) is 6.87. The van der Waals surface area contributed by atoms with E-state index in [2.05, 4.69) is 4.98 Å². The average molecular weight is 229 g/mol. The van der Waals surface area contributed by atoms with Gasteiger partial charge in [0.15, 0.2) is 0 Å². The Labute approximate surface area is 93.1 Å². The van der Waals surface area contributed by atoms with Gasteiger partial charge in [-0.15, -0.1) is 0 Å². The molecule has 1 unspecified atom stereocenters. The van der Waals surface area contributed by atoms with Crippen LogP contribution in [-0.2, 0) is 10.2 Å². The highest BCUT2D eigenvalue weighted by atomic mass is 35.5. The zero-order valence-corrected chi connectivity index (χ0v) is 9.32. The minimum absolute atomic E-state index is 0.291. The van der Waals surface area contributed by atoms with Crippen LogP contribution in [-0.4, -0.2) is 22.1 Å². The van der Waals surface area contributed by atoms with Crippen molar-refractivity contribution in [3.63, 3.8) is 0 Å². The molecule has 4 nitrogen and oxygen atoms in total. The zero-order chi connectivity index (χ0) is 11.6. The van der Waals surface area contributed by atoms with Gasteiger partial charge in [0.1, 0.15) is 11.2 Å². The Kier molecular flexibility index (Phi) is 3.31. The van der Waals surface area contributed by atoms with Crippen LogP contribution in [0.5, 0.6) is 0 Å². The van der Waals surface area contributed by atoms with Crippen LogP contribution >= 0.6 is 11.6 Å². The molecular weight excluding hydrogens is 216 g/mol. The second-order valence-corrected chi connectivity index (χ2v) is 4.24. The Bertz CT molecular complexity index is 379. The number of nitrogens with two attached hydrogens (primary N) is 1. The monoisotopic (exact) mass is 228 g/mol. The molecule has 3 N–H and O–H groups in total. The highest BCUT2D eigenvalue weighted by Gasteiger charge is 2.35. The molecule has 1 heterocycles. The van der Waals surface area contributed by atoms with E-state index in [4.69, 9.17) is 22.4 Å². The molecule has 0 bridgehead atoms. The third-order valence-electron chi connectivity index (χ3n) is 2.50. The van der Waals surface area contributed by atoms with Crippen molar-refractivity contribution in [2.45, 2.75) is 25.3 Å². The number of rotatable bonds is 3. The maximum absolute atomic E-state index is 10.8. The van der Waals surface area contributed by atoms with Gasteiger partial charge in [-0.05, 0) is 11.6 Å². The van der Waals surface area contributed by atoms with Gasteiger partial charge in [0.05, 0.1) is 0 Å². The first-order valence-corrected chi connectivity index (χ1v) is 4.84. The Morgan fingerprint density at radius 3 is 2.73 bits per heavy atom. The van der Waals surface area contributed by atoms with E-state index in [1.807, 2.05) is 0 Å². The molecule has 1 aromatic heterocycles. The van der Waals surface area contributed by atoms with E-state index in [0.29, 0.717) is 10.7 Å². The summed E-state index contributed by atoms with van der Waals surface area (Å²) in [6.07, 6.45) is 1.55. The lowest BCUT2D eigenvalue weighted by Crippen LogP contribution is -2.47. The molecule has 15 heavy (non-hydrogen) atoms. The van der Waals surface area contributed by atoms with Crippen LogP contribution in [0.2, 0.25) is 5.15 Å². The second-order valence-electron chi connectivity index (χ2n) is 3.88. The van der Waals surface area contributed by atoms with Crippen molar-refractivity contribution in [2.24, 2.45) is 5.73 Å². The lowest BCUT2D eigenvalue weighted by molar-refractivity contribution is -0.140. The molecule has 0 fully saturated rings. The number of halogens is 1. The van der Waals surface area contributed by atoms with Crippen LogP contribution < -0.4 is 5.73 Å². The smallest absolute Gasteiger partial charge is 0.321 e. The average Bonchev–Trinajstić information content (AvgIpc) is 2.16. The number of carboxylic acids is 1. The fourth-order valence-electron chi connectivity index (χ4n) is 1.34. The third-order valence-corrected chi connectivity index (χ3v) is 2.80. The Hall–Kier alpha value is -1.13. The number of pyridine rings is 1. The number of aliphatic carboxylic acids is 1. The van der Waals surface area contributed by atoms with Crippen molar-refractivity contribution in [2.75, 3.05) is 0 Å². The van der Waals surface area contributed by atoms with Gasteiger partial charge in [0.2, 0.25) is 0 Å². The molecule has 1 aromatic rings. The Balaban J connectivity index is 3.16. The van der Waals surface area contributed by atoms with Crippen molar-refractivity contribution < 1.29 is 9.90 Å². The minimum Gasteiger partial charge on any atom is -0.480 e. The van der Waals surface area contributed by atoms with Crippen LogP contribution in [0.1, 0.15) is 19.4 Å². The Morgan fingerprint density at radius 1 is 1.67 bits per heavy atom. The predicted molar refractivity (Wildman–Crippen MR) is 57.9 cm³/mol. The van der Waals surface area contributed by atoms with E-state index in [1.165, 1.54) is 0 Å². The van der Waals surface area contributed by atoms with Crippen molar-refractivity contribution in [3.8, 4) is 0 Å². The summed E-state index contributed by atoms with van der Waals surface area (Å²) in [5.74, 6) is -1.06. The van der Waals surface area contributed by atoms with E-state index in [-0.39, 0.29) is 0 Å². The summed E-state index contributed by atoms with van der Waals surface area (Å²) in [7, 11) is 0. The van der Waals surface area contributed by atoms with Crippen LogP contribution in [0.25, 0.3) is 0 Å². The van der Waals surface area contributed by atoms with Gasteiger partial charge in [0, 0.05) is 11.6 Å². The molecule has 82 valence electrons. The third kappa shape index (κ3) is 2.27. The van der Waals surface area contributed by atoms with Crippen molar-refractivity contribution in [3.05, 3.63) is 29.0 Å². The summed E-state index contributed by atoms with van der Waals surface area (Å²) in [6, 6.07) is 2.43. The van der Waals surface area contributed by atoms with E-state index in [0.717, 1.165) is 0 Å². The van der Waals surface area contributed by atoms with Gasteiger partial charge in [-0.2, -0.15) is 0 Å². The summed E-state index contributed by atoms with van der Waals surface area (Å²) in [4.78, 5) is 14.7. The summed E-state index contributed by atoms with van der Waals surface area (Å²) in [5.41, 5.74) is 5.50. The zero-order valence-electron chi connectivity index (χ0n) is 8.57. The molecule has 0 spiro atoms. The number of carboxylic acid groups (broad SMARTS) is 1. The highest BCUT2D eigenvalue weighted by molar-refractivity contribution is 6.30. The maximum atomic E-state index is 10.8. The van der Waals surface area contributed by atoms with E-state index >= 15 is 0 Å². The van der Waals surface area contributed by atoms with Crippen molar-refractivity contribution in [1.82, 2.24) is 4.98 Å². The van der Waals surface area contributed by atoms with Crippen LogP contribution in [0.15, 0.2) is 18.3 Å². The first kappa shape index (κ1) is 11.9. The van der Waals surface area contributed by atoms with Gasteiger partial charge in [-0.25, -0.2) is 4.98 Å². The molecule has 0 saturated carbocycles. The molecule has 0 aliphatic carbocycles. The summed E-state index contributed by atoms with van der Waals surface area (Å²) in [5, 5.41) is 9.17. The van der Waals surface area contributed by atoms with Crippen LogP contribution in [0.4, 0.5) is 0 Å². The number of hydrogen-bond acceptors (Lipinski definition) is 3. The number of hydrogen-bond donors (Lipinski definition) is 2. The lowest BCUT2D eigenvalue weighted by Gasteiger charge is -2.29. The molecule has 0 saturated heterocycles. The molecule has 1 rings (SSSR count). The van der Waals surface area contributed by atoms with Crippen molar-refractivity contribution in [1.29, 1.82) is 0 Å². The minimum atomic E-state index is -1.06. The second kappa shape index (κ2) is 4.16. The molecule has 0 aliphatic rings. The van der Waals surface area contributed by atoms with Crippen LogP contribution in [0.3, 0.4) is 0 Å². The topological polar surface area (TPSA) is 76.2 Å². The standard InChI is InChI=1S/C10H13ClN2O2/c1-10(2,7(12)9(14)15)6-4-3-5-13-8(6)11/h3-5,7H,12H2,1-2H3,(H,14,15). The van der Waals surface area contributed by atoms with Gasteiger partial charge in [-0.1, -0.05) is 31.5 Å². The SMILES string of the molecule is CC(C)(c1cccnc1Cl)C(N)C(=O)O. The number of aromatic nitrogens is 1. The normalized spacial score (nSPS) is 13.6. The van der Waals surface area contributed by atoms with E-state index < -0.39 is 17.4 Å². The lowest BCUT2D eigenvalue weighted by atomic mass is 9.79. The molecule has 0 radical (unpaired) electrons. The quantitative estimate of drug-likeness (QED) is 0.768. The maximum Gasteiger partial charge on any atom is 0.321 e. The first-order valence-electron chi connectivity index (χ1n) is 4.46. The fraction of sp³-hybridized carbons (Fsp3) is 0.400. The predicted octanol–water partition coefficient (Wildman–Crippen LogP) is 1.42. The van der Waals surface area contributed by atoms with E-state index in [1.54, 1.807) is 32.2 Å². The van der Waals surface area contributed by atoms with E-state index in [9.17, 15) is 4.79 Å². The fourth-order valence-corrected chi connectivity index (χ4v) is 1.71. The molecule has 5 heteroatoms. The van der Waals surface area contributed by atoms with Crippen molar-refractivity contribution >= 4 is 17.6 Å². The summed E-state index contributed by atoms with van der Waals surface area (Å²) >= 11 is 5.90. The molecule has 0 amide bonds. The summed E-state index contributed by atoms with van der Waals surface area (Å²) in [6.45, 7) is 3.46. The summed E-state index contributed by atoms with van der Waals surface area (Å²) < 4.78 is 0. The number of carbonyl (C=O) groups is 1. The van der Waals surface area contributed by atoms with Crippen LogP contribution in [0, 0.1) is 0 Å². The highest BCUT2D eigenvalue weighted by Crippen LogP contribution is 2.30. The molecule has 0 aromatic carbocycles. The molecule has 1 atom stereocenters. The van der Waals surface area contributed by atoms with Gasteiger partial charge in [0.25, 0.3) is 0 Å². The van der Waals surface area contributed by atoms with Gasteiger partial charge in [-0.3, -0.25) is 4.79 Å². The van der Waals surface area contributed by atoms with Gasteiger partial charge >= 0.3 is 5.97 Å². The number of nitrogens with zero attached hydrogens (tertiary/aromatic N) is 1.